The molecule has 0 bridgehead atoms. The molecule has 1 aromatic carbocycles. The topological polar surface area (TPSA) is 51.3 Å². The highest BCUT2D eigenvalue weighted by atomic mass is 16.5. The number of H-pyrrole nitrogens is 1. The van der Waals surface area contributed by atoms with E-state index >= 15 is 0 Å². The maximum atomic E-state index is 12.7. The molecule has 1 unspecified atom stereocenters. The number of hydrogen-bond donors (Lipinski definition) is 1. The van der Waals surface area contributed by atoms with Gasteiger partial charge < -0.3 is 14.5 Å². The molecule has 1 aromatic heterocycles. The lowest BCUT2D eigenvalue weighted by atomic mass is 9.83. The van der Waals surface area contributed by atoms with Crippen molar-refractivity contribution < 1.29 is 14.3 Å². The van der Waals surface area contributed by atoms with Crippen LogP contribution in [-0.2, 0) is 4.74 Å². The summed E-state index contributed by atoms with van der Waals surface area (Å²) >= 11 is 0. The summed E-state index contributed by atoms with van der Waals surface area (Å²) in [5.74, 6) is 1.10. The van der Waals surface area contributed by atoms with Gasteiger partial charge >= 0.3 is 0 Å². The smallest absolute Gasteiger partial charge is 0.208 e. The number of aromatic nitrogens is 1. The number of fused-ring (bicyclic) bond motifs is 3. The van der Waals surface area contributed by atoms with Gasteiger partial charge in [-0.3, -0.25) is 4.79 Å². The molecule has 0 aliphatic heterocycles. The molecule has 116 valence electrons. The van der Waals surface area contributed by atoms with Crippen molar-refractivity contribution in [2.75, 3.05) is 7.11 Å². The van der Waals surface area contributed by atoms with Gasteiger partial charge in [-0.1, -0.05) is 6.92 Å². The third-order valence-corrected chi connectivity index (χ3v) is 4.07. The number of hydrogen-bond acceptors (Lipinski definition) is 3. The Bertz CT molecular complexity index is 755. The molecule has 1 aliphatic carbocycles. The number of nitrogens with one attached hydrogen (secondary N) is 1. The first-order chi connectivity index (χ1) is 10.5. The number of ketones is 1. The van der Waals surface area contributed by atoms with Crippen LogP contribution in [0.25, 0.3) is 10.9 Å². The average Bonchev–Trinajstić information content (AvgIpc) is 2.88. The molecule has 22 heavy (non-hydrogen) atoms. The Morgan fingerprint density at radius 3 is 2.82 bits per heavy atom. The summed E-state index contributed by atoms with van der Waals surface area (Å²) in [7, 11) is 1.65. The molecular formula is C18H21NO3. The van der Waals surface area contributed by atoms with E-state index in [1.165, 1.54) is 0 Å². The predicted molar refractivity (Wildman–Crippen MR) is 86.5 cm³/mol. The monoisotopic (exact) mass is 299 g/mol. The third kappa shape index (κ3) is 2.39. The van der Waals surface area contributed by atoms with E-state index in [0.29, 0.717) is 12.1 Å². The minimum absolute atomic E-state index is 0.0314. The number of carbonyl (C=O) groups is 1. The standard InChI is InChI=1S/C18H21NO3/c1-10(2)22-9-12-7-11(3)16-14-8-13(21-4)5-6-15(14)19-17(16)18(12)20/h5-6,8-11,19H,7H2,1-4H3. The van der Waals surface area contributed by atoms with Crippen molar-refractivity contribution in [3.63, 3.8) is 0 Å². The van der Waals surface area contributed by atoms with Gasteiger partial charge in [0.05, 0.1) is 25.2 Å². The third-order valence-electron chi connectivity index (χ3n) is 4.07. The first-order valence-electron chi connectivity index (χ1n) is 7.60. The lowest BCUT2D eigenvalue weighted by Gasteiger charge is -2.21. The number of aromatic amines is 1. The first kappa shape index (κ1) is 14.7. The molecule has 0 saturated carbocycles. The zero-order chi connectivity index (χ0) is 15.9. The molecule has 4 heteroatoms. The highest BCUT2D eigenvalue weighted by molar-refractivity contribution is 6.13. The molecule has 1 N–H and O–H groups in total. The minimum Gasteiger partial charge on any atom is -0.498 e. The van der Waals surface area contributed by atoms with Gasteiger partial charge in [0.25, 0.3) is 0 Å². The van der Waals surface area contributed by atoms with E-state index in [9.17, 15) is 4.79 Å². The summed E-state index contributed by atoms with van der Waals surface area (Å²) in [6, 6.07) is 5.85. The van der Waals surface area contributed by atoms with Gasteiger partial charge in [-0.25, -0.2) is 0 Å². The Balaban J connectivity index is 2.10. The average molecular weight is 299 g/mol. The molecule has 2 aromatic rings. The van der Waals surface area contributed by atoms with E-state index in [1.54, 1.807) is 13.4 Å². The number of allylic oxidation sites excluding steroid dienone is 1. The molecule has 4 nitrogen and oxygen atoms in total. The Morgan fingerprint density at radius 2 is 2.14 bits per heavy atom. The van der Waals surface area contributed by atoms with E-state index in [-0.39, 0.29) is 17.8 Å². The van der Waals surface area contributed by atoms with Crippen LogP contribution in [0, 0.1) is 0 Å². The van der Waals surface area contributed by atoms with Crippen LogP contribution < -0.4 is 4.74 Å². The summed E-state index contributed by atoms with van der Waals surface area (Å²) in [4.78, 5) is 16.0. The lowest BCUT2D eigenvalue weighted by Crippen LogP contribution is -2.17. The van der Waals surface area contributed by atoms with Crippen molar-refractivity contribution in [3.05, 3.63) is 41.3 Å². The second-order valence-electron chi connectivity index (χ2n) is 6.09. The van der Waals surface area contributed by atoms with Crippen molar-refractivity contribution >= 4 is 16.7 Å². The van der Waals surface area contributed by atoms with Gasteiger partial charge in [0.2, 0.25) is 5.78 Å². The van der Waals surface area contributed by atoms with Crippen LogP contribution in [0.4, 0.5) is 0 Å². The maximum Gasteiger partial charge on any atom is 0.208 e. The van der Waals surface area contributed by atoms with E-state index in [4.69, 9.17) is 9.47 Å². The Kier molecular flexibility index (Phi) is 3.69. The van der Waals surface area contributed by atoms with Crippen LogP contribution >= 0.6 is 0 Å². The fraction of sp³-hybridized carbons (Fsp3) is 0.389. The number of methoxy groups -OCH3 is 1. The van der Waals surface area contributed by atoms with Gasteiger partial charge in [-0.15, -0.1) is 0 Å². The number of benzene rings is 1. The molecule has 1 heterocycles. The van der Waals surface area contributed by atoms with Gasteiger partial charge in [0.15, 0.2) is 0 Å². The molecular weight excluding hydrogens is 278 g/mol. The van der Waals surface area contributed by atoms with E-state index < -0.39 is 0 Å². The molecule has 1 aliphatic rings. The van der Waals surface area contributed by atoms with Crippen molar-refractivity contribution in [2.45, 2.75) is 39.2 Å². The van der Waals surface area contributed by atoms with Crippen molar-refractivity contribution in [1.29, 1.82) is 0 Å². The predicted octanol–water partition coefficient (Wildman–Crippen LogP) is 4.18. The SMILES string of the molecule is COc1ccc2[nH]c3c(c2c1)C(C)CC(=COC(C)C)C3=O. The van der Waals surface area contributed by atoms with Crippen LogP contribution in [0.1, 0.15) is 49.2 Å². The summed E-state index contributed by atoms with van der Waals surface area (Å²) in [6.07, 6.45) is 2.39. The zero-order valence-electron chi connectivity index (χ0n) is 13.4. The Morgan fingerprint density at radius 1 is 1.36 bits per heavy atom. The van der Waals surface area contributed by atoms with Gasteiger partial charge in [0.1, 0.15) is 5.75 Å². The molecule has 0 spiro atoms. The molecule has 3 rings (SSSR count). The van der Waals surface area contributed by atoms with E-state index in [1.807, 2.05) is 32.0 Å². The molecule has 1 atom stereocenters. The van der Waals surface area contributed by atoms with Crippen LogP contribution in [-0.4, -0.2) is 24.0 Å². The maximum absolute atomic E-state index is 12.7. The van der Waals surface area contributed by atoms with Crippen LogP contribution in [0.15, 0.2) is 30.0 Å². The Hall–Kier alpha value is -2.23. The van der Waals surface area contributed by atoms with Crippen molar-refractivity contribution in [1.82, 2.24) is 4.98 Å². The quantitative estimate of drug-likeness (QED) is 0.683. The number of rotatable bonds is 3. The summed E-state index contributed by atoms with van der Waals surface area (Å²) in [5, 5.41) is 1.07. The number of Topliss-reactive ketones (excluding diaryl/α,β-unsaturated/α-hetero) is 1. The highest BCUT2D eigenvalue weighted by Crippen LogP contribution is 2.40. The second-order valence-corrected chi connectivity index (χ2v) is 6.09. The second kappa shape index (κ2) is 5.52. The minimum atomic E-state index is 0.0314. The summed E-state index contributed by atoms with van der Waals surface area (Å²) < 4.78 is 10.8. The largest absolute Gasteiger partial charge is 0.498 e. The molecule has 0 fully saturated rings. The van der Waals surface area contributed by atoms with E-state index in [2.05, 4.69) is 11.9 Å². The van der Waals surface area contributed by atoms with Gasteiger partial charge in [0, 0.05) is 16.5 Å². The van der Waals surface area contributed by atoms with Crippen LogP contribution in [0.2, 0.25) is 0 Å². The lowest BCUT2D eigenvalue weighted by molar-refractivity contribution is 0.100. The van der Waals surface area contributed by atoms with Crippen LogP contribution in [0.5, 0.6) is 5.75 Å². The first-order valence-corrected chi connectivity index (χ1v) is 7.60. The normalized spacial score (nSPS) is 19.8. The number of ether oxygens (including phenoxy) is 2. The Labute approximate surface area is 130 Å². The molecule has 0 saturated heterocycles. The zero-order valence-corrected chi connectivity index (χ0v) is 13.4. The number of carbonyl (C=O) groups excluding carboxylic acids is 1. The van der Waals surface area contributed by atoms with Crippen molar-refractivity contribution in [2.24, 2.45) is 0 Å². The molecule has 0 amide bonds. The molecule has 0 radical (unpaired) electrons. The highest BCUT2D eigenvalue weighted by Gasteiger charge is 2.31. The summed E-state index contributed by atoms with van der Waals surface area (Å²) in [5.41, 5.74) is 3.46. The van der Waals surface area contributed by atoms with E-state index in [0.717, 1.165) is 27.8 Å². The van der Waals surface area contributed by atoms with Gasteiger partial charge in [-0.05, 0) is 49.9 Å². The fourth-order valence-corrected chi connectivity index (χ4v) is 3.01. The summed E-state index contributed by atoms with van der Waals surface area (Å²) in [6.45, 7) is 6.05. The van der Waals surface area contributed by atoms with Crippen molar-refractivity contribution in [3.8, 4) is 5.75 Å². The van der Waals surface area contributed by atoms with Gasteiger partial charge in [-0.2, -0.15) is 0 Å². The fourth-order valence-electron chi connectivity index (χ4n) is 3.01. The van der Waals surface area contributed by atoms with Crippen LogP contribution in [0.3, 0.4) is 0 Å².